The fourth-order valence-corrected chi connectivity index (χ4v) is 8.49. The number of aliphatic hydroxyl groups is 2. The van der Waals surface area contributed by atoms with Crippen molar-refractivity contribution in [1.29, 1.82) is 0 Å². The number of imidazole rings is 1. The summed E-state index contributed by atoms with van der Waals surface area (Å²) in [7, 11) is -3.82. The van der Waals surface area contributed by atoms with E-state index in [0.29, 0.717) is 23.6 Å². The zero-order valence-corrected chi connectivity index (χ0v) is 29.4. The minimum absolute atomic E-state index is 0.0106. The molecule has 2 saturated carbocycles. The standard InChI is InChI=1S/C37H52N4O6S/c1-36(2,3)48(46,47)22-37(4,29-16-10-14-25-13-8-9-15-28(25)29)35(45)41-31(20-27-21-38-23-39-27)34(44)40-30(19-24-11-6-5-7-12-24)33(43)32(42)26-17-18-26/h8-10,13-16,21,23-24,26,30-33,42-43H,5-7,11-12,17-20,22H2,1-4H3,(H,38,39)(H,40,44)(H,41,45)/t30-,31-,32-,33+,37+/m0/s1. The molecule has 262 valence electrons. The van der Waals surface area contributed by atoms with Gasteiger partial charge in [-0.3, -0.25) is 9.59 Å². The van der Waals surface area contributed by atoms with E-state index in [2.05, 4.69) is 20.6 Å². The molecule has 10 nitrogen and oxygen atoms in total. The molecule has 5 rings (SSSR count). The molecule has 1 aromatic heterocycles. The van der Waals surface area contributed by atoms with Crippen LogP contribution in [0.2, 0.25) is 0 Å². The van der Waals surface area contributed by atoms with Gasteiger partial charge in [0.05, 0.1) is 40.1 Å². The van der Waals surface area contributed by atoms with E-state index in [9.17, 15) is 28.2 Å². The molecule has 48 heavy (non-hydrogen) atoms. The van der Waals surface area contributed by atoms with Crippen molar-refractivity contribution in [3.63, 3.8) is 0 Å². The third-order valence-corrected chi connectivity index (χ3v) is 13.2. The van der Waals surface area contributed by atoms with Crippen molar-refractivity contribution in [2.45, 2.75) is 120 Å². The number of benzene rings is 2. The van der Waals surface area contributed by atoms with Crippen LogP contribution in [0, 0.1) is 11.8 Å². The lowest BCUT2D eigenvalue weighted by molar-refractivity contribution is -0.132. The lowest BCUT2D eigenvalue weighted by atomic mass is 9.80. The maximum absolute atomic E-state index is 14.6. The minimum Gasteiger partial charge on any atom is -0.390 e. The first-order valence-corrected chi connectivity index (χ1v) is 19.0. The molecule has 0 bridgehead atoms. The van der Waals surface area contributed by atoms with Crippen LogP contribution >= 0.6 is 0 Å². The number of amides is 2. The normalized spacial score (nSPS) is 20.0. The number of fused-ring (bicyclic) bond motifs is 1. The largest absolute Gasteiger partial charge is 0.390 e. The summed E-state index contributed by atoms with van der Waals surface area (Å²) in [5.41, 5.74) is -0.490. The molecule has 0 saturated heterocycles. The maximum atomic E-state index is 14.6. The van der Waals surface area contributed by atoms with Gasteiger partial charge in [-0.05, 0) is 75.1 Å². The third kappa shape index (κ3) is 8.29. The first kappa shape index (κ1) is 36.0. The minimum atomic E-state index is -3.82. The topological polar surface area (TPSA) is 161 Å². The molecule has 0 spiro atoms. The van der Waals surface area contributed by atoms with E-state index < -0.39 is 61.9 Å². The fourth-order valence-electron chi connectivity index (χ4n) is 7.01. The Morgan fingerprint density at radius 1 is 0.958 bits per heavy atom. The molecule has 2 aromatic carbocycles. The van der Waals surface area contributed by atoms with Crippen LogP contribution < -0.4 is 10.6 Å². The second-order valence-electron chi connectivity index (χ2n) is 15.2. The van der Waals surface area contributed by atoms with Crippen molar-refractivity contribution in [2.75, 3.05) is 5.75 Å². The highest BCUT2D eigenvalue weighted by molar-refractivity contribution is 7.92. The molecule has 5 N–H and O–H groups in total. The molecule has 5 atom stereocenters. The van der Waals surface area contributed by atoms with Crippen LogP contribution in [-0.4, -0.2) is 75.2 Å². The van der Waals surface area contributed by atoms with Crippen molar-refractivity contribution in [3.05, 3.63) is 66.2 Å². The van der Waals surface area contributed by atoms with Crippen LogP contribution in [0.1, 0.15) is 90.3 Å². The Morgan fingerprint density at radius 3 is 2.29 bits per heavy atom. The SMILES string of the molecule is CC(C)(C)S(=O)(=O)C[C@@](C)(C(=O)N[C@@H](Cc1c[nH]cn1)C(=O)N[C@@H](CC1CCCCC1)[C@@H](O)[C@@H](O)C1CC1)c1cccc2ccccc12. The van der Waals surface area contributed by atoms with Gasteiger partial charge in [-0.1, -0.05) is 74.6 Å². The highest BCUT2D eigenvalue weighted by Gasteiger charge is 2.46. The number of H-pyrrole nitrogens is 1. The number of nitrogens with zero attached hydrogens (tertiary/aromatic N) is 1. The molecule has 2 fully saturated rings. The van der Waals surface area contributed by atoms with Gasteiger partial charge in [0, 0.05) is 12.6 Å². The second kappa shape index (κ2) is 14.7. The molecule has 2 amide bonds. The van der Waals surface area contributed by atoms with Gasteiger partial charge in [0.2, 0.25) is 11.8 Å². The van der Waals surface area contributed by atoms with Gasteiger partial charge in [-0.25, -0.2) is 13.4 Å². The van der Waals surface area contributed by atoms with Gasteiger partial charge in [-0.15, -0.1) is 0 Å². The summed E-state index contributed by atoms with van der Waals surface area (Å²) in [4.78, 5) is 36.0. The molecule has 3 aromatic rings. The number of rotatable bonds is 14. The van der Waals surface area contributed by atoms with Crippen molar-refractivity contribution in [1.82, 2.24) is 20.6 Å². The summed E-state index contributed by atoms with van der Waals surface area (Å²) in [6, 6.07) is 11.2. The van der Waals surface area contributed by atoms with Crippen LogP contribution in [0.25, 0.3) is 10.8 Å². The molecular weight excluding hydrogens is 628 g/mol. The molecule has 0 aliphatic heterocycles. The quantitative estimate of drug-likeness (QED) is 0.169. The Morgan fingerprint density at radius 2 is 1.65 bits per heavy atom. The zero-order chi connectivity index (χ0) is 34.7. The second-order valence-corrected chi connectivity index (χ2v) is 17.9. The predicted molar refractivity (Wildman–Crippen MR) is 187 cm³/mol. The Labute approximate surface area is 284 Å². The molecule has 1 heterocycles. The van der Waals surface area contributed by atoms with Gasteiger partial charge in [0.25, 0.3) is 0 Å². The maximum Gasteiger partial charge on any atom is 0.243 e. The molecule has 0 unspecified atom stereocenters. The van der Waals surface area contributed by atoms with Crippen molar-refractivity contribution in [3.8, 4) is 0 Å². The first-order valence-electron chi connectivity index (χ1n) is 17.4. The summed E-state index contributed by atoms with van der Waals surface area (Å²) < 4.78 is 26.4. The average molecular weight is 681 g/mol. The Hall–Kier alpha value is -3.28. The first-order chi connectivity index (χ1) is 22.7. The van der Waals surface area contributed by atoms with Gasteiger partial charge in [-0.2, -0.15) is 0 Å². The number of hydrogen-bond acceptors (Lipinski definition) is 7. The number of sulfone groups is 1. The Kier molecular flexibility index (Phi) is 11.0. The van der Waals surface area contributed by atoms with Crippen molar-refractivity contribution < 1.29 is 28.2 Å². The number of aromatic amines is 1. The summed E-state index contributed by atoms with van der Waals surface area (Å²) in [6.07, 6.45) is 8.62. The number of aliphatic hydroxyl groups excluding tert-OH is 2. The Balaban J connectivity index is 1.48. The molecule has 11 heteroatoms. The van der Waals surface area contributed by atoms with E-state index in [0.717, 1.165) is 49.3 Å². The average Bonchev–Trinajstić information content (AvgIpc) is 3.78. The van der Waals surface area contributed by atoms with Crippen LogP contribution in [0.3, 0.4) is 0 Å². The van der Waals surface area contributed by atoms with Crippen LogP contribution in [0.4, 0.5) is 0 Å². The molecule has 0 radical (unpaired) electrons. The zero-order valence-electron chi connectivity index (χ0n) is 28.6. The summed E-state index contributed by atoms with van der Waals surface area (Å²) >= 11 is 0. The highest BCUT2D eigenvalue weighted by Crippen LogP contribution is 2.37. The number of hydrogen-bond donors (Lipinski definition) is 5. The van der Waals surface area contributed by atoms with Gasteiger partial charge in [0.1, 0.15) is 12.1 Å². The number of aromatic nitrogens is 2. The van der Waals surface area contributed by atoms with E-state index in [1.807, 2.05) is 36.4 Å². The van der Waals surface area contributed by atoms with E-state index in [4.69, 9.17) is 0 Å². The lowest BCUT2D eigenvalue weighted by Crippen LogP contribution is -2.59. The van der Waals surface area contributed by atoms with E-state index in [1.54, 1.807) is 40.0 Å². The summed E-state index contributed by atoms with van der Waals surface area (Å²) in [5.74, 6) is -1.28. The monoisotopic (exact) mass is 680 g/mol. The smallest absolute Gasteiger partial charge is 0.243 e. The van der Waals surface area contributed by atoms with E-state index in [-0.39, 0.29) is 12.3 Å². The molecule has 2 aliphatic carbocycles. The summed E-state index contributed by atoms with van der Waals surface area (Å²) in [6.45, 7) is 6.47. The van der Waals surface area contributed by atoms with Crippen LogP contribution in [0.15, 0.2) is 55.0 Å². The predicted octanol–water partition coefficient (Wildman–Crippen LogP) is 4.35. The number of carbonyl (C=O) groups excluding carboxylic acids is 2. The van der Waals surface area contributed by atoms with Crippen molar-refractivity contribution >= 4 is 32.4 Å². The fraction of sp³-hybridized carbons (Fsp3) is 0.595. The van der Waals surface area contributed by atoms with Crippen LogP contribution in [0.5, 0.6) is 0 Å². The van der Waals surface area contributed by atoms with Crippen LogP contribution in [-0.2, 0) is 31.3 Å². The number of carbonyl (C=O) groups is 2. The van der Waals surface area contributed by atoms with Gasteiger partial charge in [0.15, 0.2) is 9.84 Å². The molecular formula is C37H52N4O6S. The van der Waals surface area contributed by atoms with Crippen molar-refractivity contribution in [2.24, 2.45) is 11.8 Å². The summed E-state index contributed by atoms with van der Waals surface area (Å²) in [5, 5.41) is 29.8. The highest BCUT2D eigenvalue weighted by atomic mass is 32.2. The third-order valence-electron chi connectivity index (χ3n) is 10.4. The van der Waals surface area contributed by atoms with Gasteiger partial charge < -0.3 is 25.8 Å². The van der Waals surface area contributed by atoms with E-state index in [1.165, 1.54) is 12.7 Å². The molecule has 2 aliphatic rings. The Bertz CT molecular complexity index is 1650. The van der Waals surface area contributed by atoms with E-state index >= 15 is 0 Å². The van der Waals surface area contributed by atoms with Gasteiger partial charge >= 0.3 is 0 Å². The lowest BCUT2D eigenvalue weighted by Gasteiger charge is -2.35. The number of nitrogens with one attached hydrogen (secondary N) is 3.